The summed E-state index contributed by atoms with van der Waals surface area (Å²) in [5, 5.41) is 13.8. The monoisotopic (exact) mass is 372 g/mol. The van der Waals surface area contributed by atoms with Crippen molar-refractivity contribution >= 4 is 22.8 Å². The Bertz CT molecular complexity index is 850. The second-order valence-corrected chi connectivity index (χ2v) is 7.46. The minimum Gasteiger partial charge on any atom is -0.375 e. The highest BCUT2D eigenvalue weighted by atomic mass is 16.5. The van der Waals surface area contributed by atoms with Crippen LogP contribution in [0.1, 0.15) is 23.2 Å². The third-order valence-corrected chi connectivity index (χ3v) is 5.32. The molecule has 2 fully saturated rings. The average molecular weight is 372 g/mol. The van der Waals surface area contributed by atoms with Gasteiger partial charge in [0.25, 0.3) is 5.91 Å². The molecule has 0 saturated carbocycles. The lowest BCUT2D eigenvalue weighted by molar-refractivity contribution is -0.134. The summed E-state index contributed by atoms with van der Waals surface area (Å²) >= 11 is 0. The van der Waals surface area contributed by atoms with Crippen LogP contribution in [-0.2, 0) is 9.53 Å². The molecule has 3 heterocycles. The molecule has 144 valence electrons. The van der Waals surface area contributed by atoms with Crippen molar-refractivity contribution < 1.29 is 14.3 Å². The van der Waals surface area contributed by atoms with Crippen LogP contribution in [0.5, 0.6) is 0 Å². The van der Waals surface area contributed by atoms with Gasteiger partial charge in [0.1, 0.15) is 11.0 Å². The number of hydrogen-bond acceptors (Lipinski definition) is 6. The molecule has 0 aliphatic carbocycles. The normalized spacial score (nSPS) is 25.3. The smallest absolute Gasteiger partial charge is 0.253 e. The number of rotatable bonds is 4. The van der Waals surface area contributed by atoms with Gasteiger partial charge < -0.3 is 15.0 Å². The van der Waals surface area contributed by atoms with Gasteiger partial charge in [-0.2, -0.15) is 15.4 Å². The third-order valence-electron chi connectivity index (χ3n) is 5.32. The Balaban J connectivity index is 1.36. The van der Waals surface area contributed by atoms with E-state index in [0.29, 0.717) is 29.6 Å². The first-order valence-corrected chi connectivity index (χ1v) is 9.17. The van der Waals surface area contributed by atoms with Gasteiger partial charge >= 0.3 is 0 Å². The zero-order valence-electron chi connectivity index (χ0n) is 15.5. The van der Waals surface area contributed by atoms with Crippen molar-refractivity contribution in [2.45, 2.75) is 31.0 Å². The number of aromatic amines is 1. The summed E-state index contributed by atoms with van der Waals surface area (Å²) in [5.74, 6) is -0.0668. The number of benzene rings is 1. The zero-order valence-corrected chi connectivity index (χ0v) is 15.5. The van der Waals surface area contributed by atoms with Gasteiger partial charge in [-0.15, -0.1) is 0 Å². The number of fused-ring (bicyclic) bond motifs is 2. The molecule has 2 aromatic rings. The summed E-state index contributed by atoms with van der Waals surface area (Å²) in [7, 11) is 3.51. The van der Waals surface area contributed by atoms with Crippen LogP contribution in [-0.4, -0.2) is 89.0 Å². The number of H-pyrrole nitrogens is 1. The van der Waals surface area contributed by atoms with Gasteiger partial charge in [-0.05, 0) is 18.6 Å². The Morgan fingerprint density at radius 3 is 3.00 bits per heavy atom. The van der Waals surface area contributed by atoms with Crippen LogP contribution in [0.25, 0.3) is 11.0 Å². The molecule has 2 saturated heterocycles. The molecule has 1 aromatic heterocycles. The van der Waals surface area contributed by atoms with Crippen molar-refractivity contribution in [3.05, 3.63) is 23.8 Å². The fourth-order valence-electron chi connectivity index (χ4n) is 3.86. The maximum atomic E-state index is 12.7. The first-order valence-electron chi connectivity index (χ1n) is 9.17. The Morgan fingerprint density at radius 1 is 1.33 bits per heavy atom. The second-order valence-electron chi connectivity index (χ2n) is 7.46. The molecule has 0 bridgehead atoms. The van der Waals surface area contributed by atoms with Crippen LogP contribution in [0.3, 0.4) is 0 Å². The van der Waals surface area contributed by atoms with Gasteiger partial charge in [0.2, 0.25) is 5.91 Å². The van der Waals surface area contributed by atoms with Crippen molar-refractivity contribution in [2.75, 3.05) is 33.8 Å². The fourth-order valence-corrected chi connectivity index (χ4v) is 3.86. The third kappa shape index (κ3) is 3.65. The number of para-hydroxylation sites is 1. The topological polar surface area (TPSA) is 103 Å². The van der Waals surface area contributed by atoms with Gasteiger partial charge in [-0.1, -0.05) is 6.07 Å². The summed E-state index contributed by atoms with van der Waals surface area (Å²) in [5.41, 5.74) is 1.78. The molecular formula is C18H24N6O3. The molecule has 2 aliphatic heterocycles. The summed E-state index contributed by atoms with van der Waals surface area (Å²) in [4.78, 5) is 28.5. The lowest BCUT2D eigenvalue weighted by atomic mass is 10.1. The highest BCUT2D eigenvalue weighted by Crippen LogP contribution is 2.25. The predicted octanol–water partition coefficient (Wildman–Crippen LogP) is 0.00770. The van der Waals surface area contributed by atoms with E-state index < -0.39 is 0 Å². The quantitative estimate of drug-likeness (QED) is 0.784. The SMILES string of the molecule is CN(C)C(=O)C[C@H]1CN2C[C@@H](NC(=O)c3cccc4n[nH]nc34)C[C@H]2CO1. The number of hydrogen-bond donors (Lipinski definition) is 2. The number of ether oxygens (including phenoxy) is 1. The highest BCUT2D eigenvalue weighted by molar-refractivity contribution is 6.04. The van der Waals surface area contributed by atoms with Crippen LogP contribution < -0.4 is 5.32 Å². The standard InChI is InChI=1S/C18H24N6O3/c1-23(2)16(25)7-13-9-24-8-11(6-12(24)10-27-13)19-18(26)14-4-3-5-15-17(14)21-22-20-15/h3-5,11-13H,6-10H2,1-2H3,(H,19,26)(H,20,21,22)/t11-,12-,13-/m0/s1. The van der Waals surface area contributed by atoms with Gasteiger partial charge in [0.05, 0.1) is 24.7 Å². The summed E-state index contributed by atoms with van der Waals surface area (Å²) < 4.78 is 5.87. The van der Waals surface area contributed by atoms with Crippen LogP contribution in [0, 0.1) is 0 Å². The Hall–Kier alpha value is -2.52. The van der Waals surface area contributed by atoms with Gasteiger partial charge in [-0.25, -0.2) is 0 Å². The van der Waals surface area contributed by atoms with Crippen molar-refractivity contribution in [3.8, 4) is 0 Å². The van der Waals surface area contributed by atoms with E-state index in [1.54, 1.807) is 31.1 Å². The molecule has 4 rings (SSSR count). The molecule has 1 aromatic carbocycles. The molecule has 9 nitrogen and oxygen atoms in total. The van der Waals surface area contributed by atoms with E-state index in [0.717, 1.165) is 19.5 Å². The first-order chi connectivity index (χ1) is 13.0. The van der Waals surface area contributed by atoms with E-state index in [2.05, 4.69) is 25.6 Å². The second kappa shape index (κ2) is 7.24. The van der Waals surface area contributed by atoms with Gasteiger partial charge in [0, 0.05) is 39.3 Å². The number of nitrogens with one attached hydrogen (secondary N) is 2. The van der Waals surface area contributed by atoms with Crippen LogP contribution in [0.2, 0.25) is 0 Å². The maximum absolute atomic E-state index is 12.7. The van der Waals surface area contributed by atoms with Crippen LogP contribution in [0.4, 0.5) is 0 Å². The molecule has 9 heteroatoms. The lowest BCUT2D eigenvalue weighted by Crippen LogP contribution is -2.47. The number of carbonyl (C=O) groups is 2. The van der Waals surface area contributed by atoms with E-state index in [9.17, 15) is 9.59 Å². The Labute approximate surface area is 157 Å². The zero-order chi connectivity index (χ0) is 19.0. The van der Waals surface area contributed by atoms with Crippen molar-refractivity contribution in [3.63, 3.8) is 0 Å². The minimum atomic E-state index is -0.139. The first kappa shape index (κ1) is 17.9. The molecule has 27 heavy (non-hydrogen) atoms. The predicted molar refractivity (Wildman–Crippen MR) is 98.2 cm³/mol. The van der Waals surface area contributed by atoms with E-state index in [1.807, 2.05) is 6.07 Å². The van der Waals surface area contributed by atoms with Gasteiger partial charge in [0.15, 0.2) is 0 Å². The minimum absolute atomic E-state index is 0.0524. The number of morpholine rings is 1. The van der Waals surface area contributed by atoms with Crippen molar-refractivity contribution in [2.24, 2.45) is 0 Å². The van der Waals surface area contributed by atoms with E-state index >= 15 is 0 Å². The Morgan fingerprint density at radius 2 is 2.19 bits per heavy atom. The molecule has 0 spiro atoms. The number of carbonyl (C=O) groups excluding carboxylic acids is 2. The maximum Gasteiger partial charge on any atom is 0.253 e. The summed E-state index contributed by atoms with van der Waals surface area (Å²) in [6.45, 7) is 2.08. The lowest BCUT2D eigenvalue weighted by Gasteiger charge is -2.35. The number of nitrogens with zero attached hydrogens (tertiary/aromatic N) is 4. The fraction of sp³-hybridized carbons (Fsp3) is 0.556. The highest BCUT2D eigenvalue weighted by Gasteiger charge is 2.38. The van der Waals surface area contributed by atoms with Crippen molar-refractivity contribution in [1.29, 1.82) is 0 Å². The van der Waals surface area contributed by atoms with Crippen molar-refractivity contribution in [1.82, 2.24) is 30.5 Å². The largest absolute Gasteiger partial charge is 0.375 e. The van der Waals surface area contributed by atoms with E-state index in [-0.39, 0.29) is 30.0 Å². The molecule has 0 radical (unpaired) electrons. The molecule has 3 atom stereocenters. The Kier molecular flexibility index (Phi) is 4.79. The number of aromatic nitrogens is 3. The summed E-state index contributed by atoms with van der Waals surface area (Å²) in [6, 6.07) is 5.71. The average Bonchev–Trinajstić information content (AvgIpc) is 3.26. The molecule has 2 aliphatic rings. The molecular weight excluding hydrogens is 348 g/mol. The molecule has 0 unspecified atom stereocenters. The van der Waals surface area contributed by atoms with Crippen LogP contribution in [0.15, 0.2) is 18.2 Å². The van der Waals surface area contributed by atoms with E-state index in [1.165, 1.54) is 0 Å². The van der Waals surface area contributed by atoms with Gasteiger partial charge in [-0.3, -0.25) is 14.5 Å². The molecule has 2 amide bonds. The van der Waals surface area contributed by atoms with E-state index in [4.69, 9.17) is 4.74 Å². The molecule has 2 N–H and O–H groups in total. The van der Waals surface area contributed by atoms with Crippen LogP contribution >= 0.6 is 0 Å². The number of amides is 2. The summed E-state index contributed by atoms with van der Waals surface area (Å²) in [6.07, 6.45) is 1.14.